The van der Waals surface area contributed by atoms with E-state index < -0.39 is 48.4 Å². The monoisotopic (exact) mass is 418 g/mol. The van der Waals surface area contributed by atoms with Crippen LogP contribution in [0.4, 0.5) is 0 Å². The second-order valence-electron chi connectivity index (χ2n) is 7.76. The number of hydrogen-bond acceptors (Lipinski definition) is 8. The van der Waals surface area contributed by atoms with Crippen molar-refractivity contribution in [3.8, 4) is 0 Å². The van der Waals surface area contributed by atoms with Gasteiger partial charge in [0.05, 0.1) is 18.1 Å². The summed E-state index contributed by atoms with van der Waals surface area (Å²) in [5.41, 5.74) is 2.07. The highest BCUT2D eigenvalue weighted by molar-refractivity contribution is 5.92. The standard InChI is InChI=1S/C22H26O8/c1-11-5-6-16(28-14(4)23)12(2)8-18-20(13(3)21(25)29-18)17(7-11)30-22(26)15-9-19(24)27-10-15/h5,8-9,16-20,24H,3,6-7,10H2,1-2,4H3/b11-5+,12-8-/t16-,17+,18+,19?,20+/m0/s1. The minimum atomic E-state index is -1.14. The third-order valence-electron chi connectivity index (χ3n) is 5.38. The van der Waals surface area contributed by atoms with Crippen LogP contribution in [-0.4, -0.2) is 54.2 Å². The summed E-state index contributed by atoms with van der Waals surface area (Å²) in [6.45, 7) is 8.83. The number of aliphatic hydroxyl groups is 1. The average Bonchev–Trinajstić information content (AvgIpc) is 3.21. The lowest BCUT2D eigenvalue weighted by Crippen LogP contribution is -2.34. The van der Waals surface area contributed by atoms with Crippen molar-refractivity contribution in [2.75, 3.05) is 6.61 Å². The van der Waals surface area contributed by atoms with Crippen LogP contribution in [0.1, 0.15) is 33.6 Å². The minimum absolute atomic E-state index is 0.0465. The summed E-state index contributed by atoms with van der Waals surface area (Å²) >= 11 is 0. The molecule has 0 aromatic heterocycles. The fraction of sp³-hybridized carbons (Fsp3) is 0.500. The molecule has 1 unspecified atom stereocenters. The molecule has 0 bridgehead atoms. The van der Waals surface area contributed by atoms with Crippen LogP contribution in [0.5, 0.6) is 0 Å². The minimum Gasteiger partial charge on any atom is -0.458 e. The molecule has 0 radical (unpaired) electrons. The van der Waals surface area contributed by atoms with Crippen molar-refractivity contribution in [2.45, 2.75) is 58.2 Å². The lowest BCUT2D eigenvalue weighted by Gasteiger charge is -2.28. The number of aliphatic hydroxyl groups excluding tert-OH is 1. The largest absolute Gasteiger partial charge is 0.458 e. The van der Waals surface area contributed by atoms with E-state index >= 15 is 0 Å². The Kier molecular flexibility index (Phi) is 6.58. The summed E-state index contributed by atoms with van der Waals surface area (Å²) in [5, 5.41) is 9.45. The van der Waals surface area contributed by atoms with E-state index in [1.807, 2.05) is 13.0 Å². The first-order valence-corrected chi connectivity index (χ1v) is 9.78. The molecule has 3 rings (SSSR count). The van der Waals surface area contributed by atoms with Gasteiger partial charge in [0, 0.05) is 25.3 Å². The number of esters is 3. The van der Waals surface area contributed by atoms with Gasteiger partial charge in [-0.05, 0) is 31.6 Å². The molecular formula is C22H26O8. The van der Waals surface area contributed by atoms with E-state index in [9.17, 15) is 19.5 Å². The van der Waals surface area contributed by atoms with E-state index in [0.717, 1.165) is 11.1 Å². The lowest BCUT2D eigenvalue weighted by molar-refractivity contribution is -0.148. The number of hydrogen-bond donors (Lipinski definition) is 1. The summed E-state index contributed by atoms with van der Waals surface area (Å²) in [6, 6.07) is 0. The van der Waals surface area contributed by atoms with Gasteiger partial charge in [0.1, 0.15) is 18.3 Å². The van der Waals surface area contributed by atoms with E-state index in [1.165, 1.54) is 13.0 Å². The fourth-order valence-corrected chi connectivity index (χ4v) is 3.81. The highest BCUT2D eigenvalue weighted by Crippen LogP contribution is 2.37. The van der Waals surface area contributed by atoms with Gasteiger partial charge in [0.2, 0.25) is 0 Å². The molecule has 1 N–H and O–H groups in total. The first-order chi connectivity index (χ1) is 14.2. The number of carbonyl (C=O) groups is 3. The first kappa shape index (κ1) is 22.0. The average molecular weight is 418 g/mol. The lowest BCUT2D eigenvalue weighted by atomic mass is 9.85. The molecule has 2 aliphatic heterocycles. The van der Waals surface area contributed by atoms with Gasteiger partial charge in [-0.2, -0.15) is 0 Å². The zero-order valence-corrected chi connectivity index (χ0v) is 17.3. The molecule has 0 aromatic carbocycles. The van der Waals surface area contributed by atoms with Gasteiger partial charge in [-0.15, -0.1) is 0 Å². The number of fused-ring (bicyclic) bond motifs is 1. The molecule has 8 nitrogen and oxygen atoms in total. The predicted molar refractivity (Wildman–Crippen MR) is 105 cm³/mol. The number of rotatable bonds is 3. The van der Waals surface area contributed by atoms with Crippen LogP contribution in [0.3, 0.4) is 0 Å². The summed E-state index contributed by atoms with van der Waals surface area (Å²) in [4.78, 5) is 36.3. The van der Waals surface area contributed by atoms with E-state index in [2.05, 4.69) is 6.58 Å². The smallest absolute Gasteiger partial charge is 0.336 e. The van der Waals surface area contributed by atoms with Crippen LogP contribution in [0.2, 0.25) is 0 Å². The Morgan fingerprint density at radius 1 is 1.23 bits per heavy atom. The van der Waals surface area contributed by atoms with Crippen LogP contribution in [0.15, 0.2) is 47.1 Å². The molecule has 1 fully saturated rings. The zero-order valence-electron chi connectivity index (χ0n) is 17.3. The highest BCUT2D eigenvalue weighted by atomic mass is 16.6. The van der Waals surface area contributed by atoms with Crippen LogP contribution < -0.4 is 0 Å². The number of carbonyl (C=O) groups excluding carboxylic acids is 3. The first-order valence-electron chi connectivity index (χ1n) is 9.78. The Hall–Kier alpha value is -2.71. The molecule has 0 amide bonds. The highest BCUT2D eigenvalue weighted by Gasteiger charge is 2.45. The van der Waals surface area contributed by atoms with E-state index in [0.29, 0.717) is 12.8 Å². The van der Waals surface area contributed by atoms with Gasteiger partial charge >= 0.3 is 17.9 Å². The Balaban J connectivity index is 1.92. The van der Waals surface area contributed by atoms with Crippen molar-refractivity contribution >= 4 is 17.9 Å². The van der Waals surface area contributed by atoms with E-state index in [-0.39, 0.29) is 17.8 Å². The van der Waals surface area contributed by atoms with Crippen molar-refractivity contribution in [2.24, 2.45) is 5.92 Å². The molecule has 162 valence electrons. The molecule has 30 heavy (non-hydrogen) atoms. The van der Waals surface area contributed by atoms with Gasteiger partial charge in [-0.1, -0.05) is 18.2 Å². The molecule has 0 spiro atoms. The van der Waals surface area contributed by atoms with E-state index in [4.69, 9.17) is 18.9 Å². The van der Waals surface area contributed by atoms with Gasteiger partial charge in [0.15, 0.2) is 6.29 Å². The molecule has 0 saturated carbocycles. The Labute approximate surface area is 174 Å². The second-order valence-corrected chi connectivity index (χ2v) is 7.76. The fourth-order valence-electron chi connectivity index (χ4n) is 3.81. The SMILES string of the molecule is C=C1C(=O)O[C@@H]2/C=C(/C)[C@@H](OC(C)=O)C/C=C(\C)C[C@@H](OC(=O)C3=CC(O)OC3)[C@@H]12. The van der Waals surface area contributed by atoms with Crippen molar-refractivity contribution in [3.63, 3.8) is 0 Å². The molecule has 1 saturated heterocycles. The third-order valence-corrected chi connectivity index (χ3v) is 5.38. The molecule has 5 atom stereocenters. The van der Waals surface area contributed by atoms with Crippen molar-refractivity contribution < 1.29 is 38.4 Å². The van der Waals surface area contributed by atoms with Crippen molar-refractivity contribution in [1.29, 1.82) is 0 Å². The maximum atomic E-state index is 12.6. The van der Waals surface area contributed by atoms with Crippen LogP contribution in [0.25, 0.3) is 0 Å². The molecule has 2 heterocycles. The third kappa shape index (κ3) is 4.88. The Morgan fingerprint density at radius 2 is 1.97 bits per heavy atom. The molecule has 0 aromatic rings. The molecular weight excluding hydrogens is 392 g/mol. The van der Waals surface area contributed by atoms with Crippen LogP contribution in [0, 0.1) is 5.92 Å². The Morgan fingerprint density at radius 3 is 2.60 bits per heavy atom. The van der Waals surface area contributed by atoms with Gasteiger partial charge in [-0.3, -0.25) is 4.79 Å². The van der Waals surface area contributed by atoms with Crippen molar-refractivity contribution in [1.82, 2.24) is 0 Å². The molecule has 3 aliphatic rings. The zero-order chi connectivity index (χ0) is 22.0. The molecule has 1 aliphatic carbocycles. The summed E-state index contributed by atoms with van der Waals surface area (Å²) < 4.78 is 21.6. The van der Waals surface area contributed by atoms with Crippen LogP contribution >= 0.6 is 0 Å². The molecule has 8 heteroatoms. The van der Waals surface area contributed by atoms with Crippen molar-refractivity contribution in [3.05, 3.63) is 47.1 Å². The summed E-state index contributed by atoms with van der Waals surface area (Å²) in [6.07, 6.45) is 2.72. The topological polar surface area (TPSA) is 108 Å². The van der Waals surface area contributed by atoms with Crippen LogP contribution in [-0.2, 0) is 33.3 Å². The number of ether oxygens (including phenoxy) is 4. The summed E-state index contributed by atoms with van der Waals surface area (Å²) in [5.74, 6) is -2.17. The van der Waals surface area contributed by atoms with Gasteiger partial charge in [0.25, 0.3) is 0 Å². The second kappa shape index (κ2) is 8.97. The predicted octanol–water partition coefficient (Wildman–Crippen LogP) is 1.89. The van der Waals surface area contributed by atoms with Gasteiger partial charge < -0.3 is 24.1 Å². The summed E-state index contributed by atoms with van der Waals surface area (Å²) in [7, 11) is 0. The normalized spacial score (nSPS) is 35.2. The quantitative estimate of drug-likeness (QED) is 0.320. The Bertz CT molecular complexity index is 849. The van der Waals surface area contributed by atoms with E-state index in [1.54, 1.807) is 13.0 Å². The maximum absolute atomic E-state index is 12.6. The van der Waals surface area contributed by atoms with Gasteiger partial charge in [-0.25, -0.2) is 9.59 Å². The maximum Gasteiger partial charge on any atom is 0.336 e.